The lowest BCUT2D eigenvalue weighted by molar-refractivity contribution is 0.251. The maximum absolute atomic E-state index is 12.1. The molecule has 0 spiro atoms. The summed E-state index contributed by atoms with van der Waals surface area (Å²) in [5.41, 5.74) is 0. The van der Waals surface area contributed by atoms with E-state index in [9.17, 15) is 8.78 Å². The van der Waals surface area contributed by atoms with Crippen LogP contribution >= 0.6 is 23.5 Å². The Balaban J connectivity index is 1.74. The summed E-state index contributed by atoms with van der Waals surface area (Å²) in [6.07, 6.45) is 7.36. The van der Waals surface area contributed by atoms with Crippen LogP contribution in [0.25, 0.3) is 0 Å². The Labute approximate surface area is 127 Å². The van der Waals surface area contributed by atoms with Crippen molar-refractivity contribution in [1.82, 2.24) is 5.32 Å². The van der Waals surface area contributed by atoms with Crippen molar-refractivity contribution in [1.29, 1.82) is 0 Å². The van der Waals surface area contributed by atoms with Gasteiger partial charge in [-0.25, -0.2) is 0 Å². The number of alkyl halides is 2. The number of nitrogens with one attached hydrogen (secondary N) is 1. The second-order valence-corrected chi connectivity index (χ2v) is 7.39. The van der Waals surface area contributed by atoms with Crippen LogP contribution in [-0.2, 0) is 12.3 Å². The summed E-state index contributed by atoms with van der Waals surface area (Å²) < 4.78 is 30.1. The summed E-state index contributed by atoms with van der Waals surface area (Å²) in [7, 11) is 0. The molecule has 1 saturated carbocycles. The molecule has 20 heavy (non-hydrogen) atoms. The van der Waals surface area contributed by atoms with Crippen LogP contribution in [0.5, 0.6) is 0 Å². The minimum atomic E-state index is -2.34. The normalized spacial score (nSPS) is 18.0. The molecule has 1 aromatic heterocycles. The van der Waals surface area contributed by atoms with Crippen molar-refractivity contribution < 1.29 is 13.2 Å². The molecule has 2 nitrogen and oxygen atoms in total. The Morgan fingerprint density at radius 1 is 1.30 bits per heavy atom. The maximum Gasteiger partial charge on any atom is 0.284 e. The molecule has 1 aliphatic carbocycles. The molecule has 2 rings (SSSR count). The predicted octanol–water partition coefficient (Wildman–Crippen LogP) is 4.50. The van der Waals surface area contributed by atoms with E-state index in [1.807, 2.05) is 17.8 Å². The van der Waals surface area contributed by atoms with Crippen molar-refractivity contribution in [2.24, 2.45) is 0 Å². The third-order valence-corrected chi connectivity index (χ3v) is 5.88. The van der Waals surface area contributed by atoms with Gasteiger partial charge in [0.05, 0.1) is 12.3 Å². The molecule has 0 aromatic carbocycles. The first-order valence-electron chi connectivity index (χ1n) is 6.87. The highest BCUT2D eigenvalue weighted by Gasteiger charge is 2.32. The number of hydrogen-bond donors (Lipinski definition) is 1. The molecule has 0 unspecified atom stereocenters. The second-order valence-electron chi connectivity index (χ2n) is 5.14. The molecule has 1 fully saturated rings. The van der Waals surface area contributed by atoms with Gasteiger partial charge in [0.25, 0.3) is 5.76 Å². The van der Waals surface area contributed by atoms with Gasteiger partial charge in [0.1, 0.15) is 11.5 Å². The van der Waals surface area contributed by atoms with Crippen molar-refractivity contribution in [2.75, 3.05) is 12.8 Å². The third-order valence-electron chi connectivity index (χ3n) is 3.76. The predicted molar refractivity (Wildman–Crippen MR) is 82.4 cm³/mol. The molecule has 0 aliphatic heterocycles. The second kappa shape index (κ2) is 7.71. The number of thioether (sulfide) groups is 2. The average Bonchev–Trinajstić information content (AvgIpc) is 3.06. The monoisotopic (exact) mass is 321 g/mol. The Hall–Kier alpha value is -0.200. The highest BCUT2D eigenvalue weighted by atomic mass is 32.2. The lowest BCUT2D eigenvalue weighted by Gasteiger charge is -2.26. The molecule has 114 valence electrons. The van der Waals surface area contributed by atoms with Crippen LogP contribution in [-0.4, -0.2) is 23.3 Å². The molecule has 1 aliphatic rings. The van der Waals surface area contributed by atoms with Crippen LogP contribution in [0.15, 0.2) is 16.5 Å². The Morgan fingerprint density at radius 3 is 2.65 bits per heavy atom. The van der Waals surface area contributed by atoms with E-state index in [1.54, 1.807) is 6.07 Å². The van der Waals surface area contributed by atoms with Crippen LogP contribution in [0.1, 0.15) is 37.2 Å². The quantitative estimate of drug-likeness (QED) is 0.762. The summed E-state index contributed by atoms with van der Waals surface area (Å²) in [5.74, 6) is -0.672. The van der Waals surface area contributed by atoms with Gasteiger partial charge in [-0.3, -0.25) is 0 Å². The van der Waals surface area contributed by atoms with E-state index in [1.165, 1.54) is 25.7 Å². The van der Waals surface area contributed by atoms with Gasteiger partial charge >= 0.3 is 0 Å². The largest absolute Gasteiger partial charge is 0.464 e. The van der Waals surface area contributed by atoms with Gasteiger partial charge in [-0.15, -0.1) is 0 Å². The van der Waals surface area contributed by atoms with Crippen LogP contribution in [0.2, 0.25) is 0 Å². The van der Waals surface area contributed by atoms with E-state index < -0.39 is 5.76 Å². The smallest absolute Gasteiger partial charge is 0.284 e. The zero-order chi connectivity index (χ0) is 14.4. The van der Waals surface area contributed by atoms with E-state index in [4.69, 9.17) is 4.42 Å². The zero-order valence-corrected chi connectivity index (χ0v) is 13.3. The molecule has 1 heterocycles. The van der Waals surface area contributed by atoms with Crippen LogP contribution < -0.4 is 5.32 Å². The van der Waals surface area contributed by atoms with Crippen molar-refractivity contribution >= 4 is 23.5 Å². The van der Waals surface area contributed by atoms with Crippen LogP contribution in [0.4, 0.5) is 8.78 Å². The van der Waals surface area contributed by atoms with Gasteiger partial charge in [0.15, 0.2) is 0 Å². The summed E-state index contributed by atoms with van der Waals surface area (Å²) in [4.78, 5) is 0. The fourth-order valence-electron chi connectivity index (χ4n) is 2.63. The first kappa shape index (κ1) is 16.2. The fourth-order valence-corrected chi connectivity index (χ4v) is 4.01. The van der Waals surface area contributed by atoms with Gasteiger partial charge in [0.2, 0.25) is 0 Å². The van der Waals surface area contributed by atoms with Crippen molar-refractivity contribution in [2.45, 2.75) is 48.5 Å². The highest BCUT2D eigenvalue weighted by molar-refractivity contribution is 8.00. The summed E-state index contributed by atoms with van der Waals surface area (Å²) in [5, 5.41) is 3.44. The van der Waals surface area contributed by atoms with Gasteiger partial charge in [0, 0.05) is 11.3 Å². The zero-order valence-electron chi connectivity index (χ0n) is 11.7. The minimum Gasteiger partial charge on any atom is -0.464 e. The van der Waals surface area contributed by atoms with Crippen molar-refractivity contribution in [3.05, 3.63) is 23.7 Å². The first-order chi connectivity index (χ1) is 9.63. The lowest BCUT2D eigenvalue weighted by Crippen LogP contribution is -2.34. The molecule has 0 radical (unpaired) electrons. The topological polar surface area (TPSA) is 25.2 Å². The van der Waals surface area contributed by atoms with Crippen LogP contribution in [0.3, 0.4) is 0 Å². The molecule has 0 amide bonds. The summed E-state index contributed by atoms with van der Waals surface area (Å²) in [6.45, 7) is 1.65. The van der Waals surface area contributed by atoms with E-state index in [2.05, 4.69) is 11.6 Å². The first-order valence-corrected chi connectivity index (χ1v) is 9.14. The van der Waals surface area contributed by atoms with Crippen LogP contribution in [0, 0.1) is 0 Å². The van der Waals surface area contributed by atoms with Crippen molar-refractivity contribution in [3.63, 3.8) is 0 Å². The molecular formula is C14H21F2NOS2. The number of halogens is 2. The standard InChI is InChI=1S/C14H21F2NOS2/c1-19-14(6-2-3-7-14)10-17-8-11-4-5-12(18-11)9-20-13(15)16/h4-5,13,17H,2-3,6-10H2,1H3. The number of rotatable bonds is 8. The third kappa shape index (κ3) is 4.67. The lowest BCUT2D eigenvalue weighted by atomic mass is 10.1. The van der Waals surface area contributed by atoms with E-state index in [0.29, 0.717) is 28.8 Å². The average molecular weight is 321 g/mol. The summed E-state index contributed by atoms with van der Waals surface area (Å²) >= 11 is 2.55. The maximum atomic E-state index is 12.1. The Morgan fingerprint density at radius 2 is 2.00 bits per heavy atom. The molecule has 0 atom stereocenters. The minimum absolute atomic E-state index is 0.229. The SMILES string of the molecule is CSC1(CNCc2ccc(CSC(F)F)o2)CCCC1. The fraction of sp³-hybridized carbons (Fsp3) is 0.714. The van der Waals surface area contributed by atoms with Crippen molar-refractivity contribution in [3.8, 4) is 0 Å². The molecule has 1 aromatic rings. The van der Waals surface area contributed by atoms with Gasteiger partial charge in [-0.2, -0.15) is 20.5 Å². The van der Waals surface area contributed by atoms with Gasteiger partial charge < -0.3 is 9.73 Å². The molecule has 0 bridgehead atoms. The van der Waals surface area contributed by atoms with Gasteiger partial charge in [-0.05, 0) is 31.2 Å². The molecule has 6 heteroatoms. The van der Waals surface area contributed by atoms with E-state index in [-0.39, 0.29) is 5.75 Å². The highest BCUT2D eigenvalue weighted by Crippen LogP contribution is 2.39. The Bertz CT molecular complexity index is 406. The number of hydrogen-bond acceptors (Lipinski definition) is 4. The Kier molecular flexibility index (Phi) is 6.23. The molecule has 0 saturated heterocycles. The molecular weight excluding hydrogens is 300 g/mol. The number of furan rings is 1. The van der Waals surface area contributed by atoms with E-state index >= 15 is 0 Å². The summed E-state index contributed by atoms with van der Waals surface area (Å²) in [6, 6.07) is 3.65. The van der Waals surface area contributed by atoms with E-state index in [0.717, 1.165) is 12.3 Å². The van der Waals surface area contributed by atoms with Gasteiger partial charge in [-0.1, -0.05) is 24.6 Å². The molecule has 1 N–H and O–H groups in total.